The zero-order valence-electron chi connectivity index (χ0n) is 8.78. The van der Waals surface area contributed by atoms with Crippen LogP contribution < -0.4 is 5.73 Å². The van der Waals surface area contributed by atoms with Crippen LogP contribution in [-0.4, -0.2) is 31.3 Å². The molecule has 0 amide bonds. The van der Waals surface area contributed by atoms with Crippen LogP contribution in [0.3, 0.4) is 0 Å². The first-order chi connectivity index (χ1) is 7.25. The highest BCUT2D eigenvalue weighted by Crippen LogP contribution is 2.18. The fraction of sp³-hybridized carbons (Fsp3) is 0.727. The zero-order chi connectivity index (χ0) is 10.7. The first-order valence-corrected chi connectivity index (χ1v) is 5.47. The second kappa shape index (κ2) is 4.77. The summed E-state index contributed by atoms with van der Waals surface area (Å²) in [6.45, 7) is 0.934. The summed E-state index contributed by atoms with van der Waals surface area (Å²) in [5, 5.41) is 0. The SMILES string of the molecule is NC1CCCC=C1COC1COC(=O)C1. The molecule has 2 atom stereocenters. The molecule has 1 fully saturated rings. The number of cyclic esters (lactones) is 1. The lowest BCUT2D eigenvalue weighted by Gasteiger charge is -2.21. The molecule has 2 N–H and O–H groups in total. The van der Waals surface area contributed by atoms with Crippen LogP contribution in [0.5, 0.6) is 0 Å². The molecule has 4 nitrogen and oxygen atoms in total. The number of ether oxygens (including phenoxy) is 2. The van der Waals surface area contributed by atoms with Gasteiger partial charge in [-0.05, 0) is 24.8 Å². The van der Waals surface area contributed by atoms with Gasteiger partial charge in [0.25, 0.3) is 0 Å². The van der Waals surface area contributed by atoms with Crippen molar-refractivity contribution >= 4 is 5.97 Å². The highest BCUT2D eigenvalue weighted by Gasteiger charge is 2.25. The number of esters is 1. The van der Waals surface area contributed by atoms with E-state index in [2.05, 4.69) is 6.08 Å². The van der Waals surface area contributed by atoms with Gasteiger partial charge < -0.3 is 15.2 Å². The van der Waals surface area contributed by atoms with E-state index in [1.54, 1.807) is 0 Å². The molecule has 2 aliphatic rings. The molecule has 1 heterocycles. The summed E-state index contributed by atoms with van der Waals surface area (Å²) >= 11 is 0. The molecule has 4 heteroatoms. The predicted octanol–water partition coefficient (Wildman–Crippen LogP) is 0.756. The number of carbonyl (C=O) groups is 1. The molecule has 0 spiro atoms. The van der Waals surface area contributed by atoms with Crippen molar-refractivity contribution < 1.29 is 14.3 Å². The van der Waals surface area contributed by atoms with E-state index >= 15 is 0 Å². The molecule has 1 aliphatic carbocycles. The third-order valence-corrected chi connectivity index (χ3v) is 2.91. The highest BCUT2D eigenvalue weighted by molar-refractivity contribution is 5.71. The van der Waals surface area contributed by atoms with Crippen LogP contribution in [-0.2, 0) is 14.3 Å². The molecular weight excluding hydrogens is 194 g/mol. The first-order valence-electron chi connectivity index (χ1n) is 5.47. The molecule has 84 valence electrons. The molecule has 2 unspecified atom stereocenters. The molecule has 0 saturated carbocycles. The number of allylic oxidation sites excluding steroid dienone is 1. The summed E-state index contributed by atoms with van der Waals surface area (Å²) in [7, 11) is 0. The van der Waals surface area contributed by atoms with Crippen LogP contribution in [0, 0.1) is 0 Å². The minimum atomic E-state index is -0.165. The molecule has 1 saturated heterocycles. The summed E-state index contributed by atoms with van der Waals surface area (Å²) in [6.07, 6.45) is 5.75. The Morgan fingerprint density at radius 2 is 2.47 bits per heavy atom. The van der Waals surface area contributed by atoms with Crippen molar-refractivity contribution in [1.82, 2.24) is 0 Å². The van der Waals surface area contributed by atoms with Gasteiger partial charge in [0, 0.05) is 6.04 Å². The van der Waals surface area contributed by atoms with Gasteiger partial charge in [-0.1, -0.05) is 6.08 Å². The van der Waals surface area contributed by atoms with Crippen molar-refractivity contribution in [3.8, 4) is 0 Å². The topological polar surface area (TPSA) is 61.6 Å². The maximum Gasteiger partial charge on any atom is 0.308 e. The lowest BCUT2D eigenvalue weighted by Crippen LogP contribution is -2.29. The van der Waals surface area contributed by atoms with Crippen LogP contribution in [0.2, 0.25) is 0 Å². The second-order valence-electron chi connectivity index (χ2n) is 4.14. The molecule has 0 aromatic heterocycles. The number of hydrogen-bond donors (Lipinski definition) is 1. The van der Waals surface area contributed by atoms with E-state index in [0.717, 1.165) is 19.3 Å². The van der Waals surface area contributed by atoms with Crippen LogP contribution in [0.15, 0.2) is 11.6 Å². The minimum Gasteiger partial charge on any atom is -0.463 e. The van der Waals surface area contributed by atoms with Gasteiger partial charge in [-0.25, -0.2) is 0 Å². The van der Waals surface area contributed by atoms with Gasteiger partial charge >= 0.3 is 5.97 Å². The number of hydrogen-bond acceptors (Lipinski definition) is 4. The Morgan fingerprint density at radius 3 is 3.13 bits per heavy atom. The summed E-state index contributed by atoms with van der Waals surface area (Å²) in [4.78, 5) is 10.8. The summed E-state index contributed by atoms with van der Waals surface area (Å²) < 4.78 is 10.4. The van der Waals surface area contributed by atoms with Gasteiger partial charge in [-0.2, -0.15) is 0 Å². The van der Waals surface area contributed by atoms with Crippen LogP contribution in [0.1, 0.15) is 25.7 Å². The summed E-state index contributed by atoms with van der Waals surface area (Å²) in [5.74, 6) is -0.165. The molecule has 0 bridgehead atoms. The standard InChI is InChI=1S/C11H17NO3/c12-10-4-2-1-3-8(10)6-14-9-5-11(13)15-7-9/h3,9-10H,1-2,4-7,12H2. The third kappa shape index (κ3) is 2.79. The van der Waals surface area contributed by atoms with Gasteiger partial charge in [0.15, 0.2) is 0 Å². The fourth-order valence-corrected chi connectivity index (χ4v) is 1.94. The largest absolute Gasteiger partial charge is 0.463 e. The van der Waals surface area contributed by atoms with E-state index in [0.29, 0.717) is 19.6 Å². The molecule has 0 aromatic carbocycles. The van der Waals surface area contributed by atoms with Crippen molar-refractivity contribution in [2.45, 2.75) is 37.8 Å². The predicted molar refractivity (Wildman–Crippen MR) is 55.2 cm³/mol. The zero-order valence-corrected chi connectivity index (χ0v) is 8.78. The monoisotopic (exact) mass is 211 g/mol. The van der Waals surface area contributed by atoms with Gasteiger partial charge in [0.2, 0.25) is 0 Å². The van der Waals surface area contributed by atoms with Crippen molar-refractivity contribution in [2.75, 3.05) is 13.2 Å². The van der Waals surface area contributed by atoms with E-state index in [-0.39, 0.29) is 18.1 Å². The molecule has 1 aliphatic heterocycles. The number of carbonyl (C=O) groups excluding carboxylic acids is 1. The van der Waals surface area contributed by atoms with E-state index in [1.807, 2.05) is 0 Å². The third-order valence-electron chi connectivity index (χ3n) is 2.91. The van der Waals surface area contributed by atoms with E-state index in [1.165, 1.54) is 5.57 Å². The van der Waals surface area contributed by atoms with E-state index in [4.69, 9.17) is 15.2 Å². The average Bonchev–Trinajstić information content (AvgIpc) is 2.63. The Kier molecular flexibility index (Phi) is 3.38. The number of nitrogens with two attached hydrogens (primary N) is 1. The maximum absolute atomic E-state index is 10.8. The normalized spacial score (nSPS) is 31.3. The molecule has 0 aromatic rings. The lowest BCUT2D eigenvalue weighted by molar-refractivity contribution is -0.137. The second-order valence-corrected chi connectivity index (χ2v) is 4.14. The van der Waals surface area contributed by atoms with Crippen LogP contribution in [0.4, 0.5) is 0 Å². The van der Waals surface area contributed by atoms with Gasteiger partial charge in [0.05, 0.1) is 13.0 Å². The first kappa shape index (κ1) is 10.6. The summed E-state index contributed by atoms with van der Waals surface area (Å²) in [6, 6.07) is 0.136. The molecule has 0 radical (unpaired) electrons. The van der Waals surface area contributed by atoms with E-state index < -0.39 is 0 Å². The van der Waals surface area contributed by atoms with Crippen LogP contribution >= 0.6 is 0 Å². The number of rotatable bonds is 3. The molecule has 15 heavy (non-hydrogen) atoms. The maximum atomic E-state index is 10.8. The minimum absolute atomic E-state index is 0.0764. The summed E-state index contributed by atoms with van der Waals surface area (Å²) in [5.41, 5.74) is 7.11. The van der Waals surface area contributed by atoms with Crippen molar-refractivity contribution in [1.29, 1.82) is 0 Å². The van der Waals surface area contributed by atoms with Gasteiger partial charge in [0.1, 0.15) is 12.7 Å². The average molecular weight is 211 g/mol. The molecule has 2 rings (SSSR count). The Morgan fingerprint density at radius 1 is 1.60 bits per heavy atom. The quantitative estimate of drug-likeness (QED) is 0.553. The Bertz CT molecular complexity index is 275. The van der Waals surface area contributed by atoms with Crippen molar-refractivity contribution in [3.63, 3.8) is 0 Å². The van der Waals surface area contributed by atoms with E-state index in [9.17, 15) is 4.79 Å². The van der Waals surface area contributed by atoms with Gasteiger partial charge in [-0.15, -0.1) is 0 Å². The Balaban J connectivity index is 1.77. The van der Waals surface area contributed by atoms with Crippen molar-refractivity contribution in [2.24, 2.45) is 5.73 Å². The Hall–Kier alpha value is -0.870. The van der Waals surface area contributed by atoms with Crippen LogP contribution in [0.25, 0.3) is 0 Å². The highest BCUT2D eigenvalue weighted by atomic mass is 16.6. The Labute approximate surface area is 89.4 Å². The molecular formula is C11H17NO3. The smallest absolute Gasteiger partial charge is 0.308 e. The van der Waals surface area contributed by atoms with Crippen molar-refractivity contribution in [3.05, 3.63) is 11.6 Å². The fourth-order valence-electron chi connectivity index (χ4n) is 1.94. The van der Waals surface area contributed by atoms with Gasteiger partial charge in [-0.3, -0.25) is 4.79 Å². The lowest BCUT2D eigenvalue weighted by atomic mass is 9.95.